The first kappa shape index (κ1) is 14.9. The van der Waals surface area contributed by atoms with E-state index < -0.39 is 4.92 Å². The van der Waals surface area contributed by atoms with Gasteiger partial charge in [-0.05, 0) is 18.2 Å². The molecule has 3 rings (SSSR count). The molecule has 0 spiro atoms. The summed E-state index contributed by atoms with van der Waals surface area (Å²) < 4.78 is 1.44. The molecule has 0 fully saturated rings. The molecule has 1 heterocycles. The molecule has 2 aromatic carbocycles. The van der Waals surface area contributed by atoms with Crippen molar-refractivity contribution in [3.8, 4) is 16.9 Å². The van der Waals surface area contributed by atoms with Crippen LogP contribution in [0.4, 0.5) is 5.69 Å². The van der Waals surface area contributed by atoms with Crippen molar-refractivity contribution >= 4 is 23.6 Å². The van der Waals surface area contributed by atoms with E-state index in [9.17, 15) is 14.9 Å². The van der Waals surface area contributed by atoms with Gasteiger partial charge in [0.1, 0.15) is 5.69 Å². The van der Waals surface area contributed by atoms with Crippen LogP contribution < -0.4 is 0 Å². The highest BCUT2D eigenvalue weighted by atomic mass is 35.5. The second-order valence-electron chi connectivity index (χ2n) is 4.72. The van der Waals surface area contributed by atoms with E-state index in [0.29, 0.717) is 17.0 Å². The van der Waals surface area contributed by atoms with Crippen LogP contribution in [0.15, 0.2) is 54.7 Å². The van der Waals surface area contributed by atoms with E-state index in [1.807, 2.05) is 0 Å². The molecular weight excluding hydrogens is 318 g/mol. The van der Waals surface area contributed by atoms with Crippen LogP contribution in [0.1, 0.15) is 10.4 Å². The lowest BCUT2D eigenvalue weighted by molar-refractivity contribution is -0.384. The summed E-state index contributed by atoms with van der Waals surface area (Å²) in [6.07, 6.45) is 2.12. The zero-order chi connectivity index (χ0) is 16.4. The number of rotatable bonds is 4. The molecule has 0 aliphatic heterocycles. The number of halogens is 1. The second kappa shape index (κ2) is 6.02. The van der Waals surface area contributed by atoms with Crippen molar-refractivity contribution in [3.63, 3.8) is 0 Å². The van der Waals surface area contributed by atoms with Crippen molar-refractivity contribution in [2.75, 3.05) is 0 Å². The maximum absolute atomic E-state index is 11.4. The molecule has 7 heteroatoms. The number of carbonyl (C=O) groups is 1. The van der Waals surface area contributed by atoms with Gasteiger partial charge in [-0.2, -0.15) is 5.10 Å². The molecule has 3 aromatic rings. The Kier molecular flexibility index (Phi) is 3.91. The average molecular weight is 328 g/mol. The first-order chi connectivity index (χ1) is 11.1. The third-order valence-electron chi connectivity index (χ3n) is 3.32. The fraction of sp³-hybridized carbons (Fsp3) is 0. The highest BCUT2D eigenvalue weighted by Crippen LogP contribution is 2.31. The van der Waals surface area contributed by atoms with E-state index in [1.54, 1.807) is 42.5 Å². The minimum Gasteiger partial charge on any atom is -0.298 e. The van der Waals surface area contributed by atoms with Crippen LogP contribution in [0.25, 0.3) is 16.9 Å². The van der Waals surface area contributed by atoms with Gasteiger partial charge >= 0.3 is 0 Å². The van der Waals surface area contributed by atoms with E-state index in [4.69, 9.17) is 11.6 Å². The van der Waals surface area contributed by atoms with Gasteiger partial charge < -0.3 is 0 Å². The number of nitro benzene ring substituents is 1. The molecule has 114 valence electrons. The summed E-state index contributed by atoms with van der Waals surface area (Å²) in [6.45, 7) is 0. The Bertz CT molecular complexity index is 905. The SMILES string of the molecule is O=Cc1cn(-c2ccccc2Cl)nc1-c1ccccc1[N+](=O)[O-]. The molecule has 0 amide bonds. The molecular formula is C16H10ClN3O3. The van der Waals surface area contributed by atoms with Gasteiger partial charge in [0.25, 0.3) is 5.69 Å². The minimum atomic E-state index is -0.502. The number of aldehydes is 1. The highest BCUT2D eigenvalue weighted by molar-refractivity contribution is 6.32. The molecule has 23 heavy (non-hydrogen) atoms. The number of carbonyl (C=O) groups excluding carboxylic acids is 1. The van der Waals surface area contributed by atoms with Crippen LogP contribution in [0, 0.1) is 10.1 Å². The Labute approximate surface area is 136 Å². The number of nitrogens with zero attached hydrogens (tertiary/aromatic N) is 3. The molecule has 0 saturated carbocycles. The summed E-state index contributed by atoms with van der Waals surface area (Å²) in [5.41, 5.74) is 1.25. The van der Waals surface area contributed by atoms with Crippen LogP contribution in [0.2, 0.25) is 5.02 Å². The zero-order valence-electron chi connectivity index (χ0n) is 11.7. The van der Waals surface area contributed by atoms with Gasteiger partial charge in [0, 0.05) is 12.3 Å². The van der Waals surface area contributed by atoms with Crippen LogP contribution in [0.5, 0.6) is 0 Å². The Morgan fingerprint density at radius 1 is 1.13 bits per heavy atom. The topological polar surface area (TPSA) is 78.0 Å². The lowest BCUT2D eigenvalue weighted by Crippen LogP contribution is -1.97. The van der Waals surface area contributed by atoms with Gasteiger partial charge in [-0.25, -0.2) is 4.68 Å². The Hall–Kier alpha value is -2.99. The van der Waals surface area contributed by atoms with E-state index in [0.717, 1.165) is 0 Å². The van der Waals surface area contributed by atoms with Crippen molar-refractivity contribution < 1.29 is 9.72 Å². The fourth-order valence-electron chi connectivity index (χ4n) is 2.28. The van der Waals surface area contributed by atoms with E-state index in [2.05, 4.69) is 5.10 Å². The zero-order valence-corrected chi connectivity index (χ0v) is 12.5. The molecule has 0 aliphatic rings. The molecule has 0 radical (unpaired) electrons. The van der Waals surface area contributed by atoms with Crippen molar-refractivity contribution in [3.05, 3.63) is 75.4 Å². The van der Waals surface area contributed by atoms with Gasteiger partial charge in [-0.1, -0.05) is 35.9 Å². The van der Waals surface area contributed by atoms with Crippen LogP contribution >= 0.6 is 11.6 Å². The molecule has 0 saturated heterocycles. The first-order valence-corrected chi connectivity index (χ1v) is 7.03. The summed E-state index contributed by atoms with van der Waals surface area (Å²) >= 11 is 6.13. The predicted octanol–water partition coefficient (Wildman–Crippen LogP) is 3.91. The number of benzene rings is 2. The minimum absolute atomic E-state index is 0.111. The van der Waals surface area contributed by atoms with Crippen LogP contribution in [0.3, 0.4) is 0 Å². The Morgan fingerprint density at radius 3 is 2.52 bits per heavy atom. The number of para-hydroxylation sites is 2. The quantitative estimate of drug-likeness (QED) is 0.413. The summed E-state index contributed by atoms with van der Waals surface area (Å²) in [5, 5.41) is 16.0. The van der Waals surface area contributed by atoms with Crippen LogP contribution in [-0.4, -0.2) is 21.0 Å². The van der Waals surface area contributed by atoms with E-state index >= 15 is 0 Å². The molecule has 1 aromatic heterocycles. The van der Waals surface area contributed by atoms with Gasteiger partial charge in [0.2, 0.25) is 0 Å². The number of hydrogen-bond donors (Lipinski definition) is 0. The van der Waals surface area contributed by atoms with Gasteiger partial charge in [-0.3, -0.25) is 14.9 Å². The Balaban J connectivity index is 2.21. The lowest BCUT2D eigenvalue weighted by atomic mass is 10.1. The van der Waals surface area contributed by atoms with Gasteiger partial charge in [0.15, 0.2) is 6.29 Å². The van der Waals surface area contributed by atoms with Gasteiger partial charge in [0.05, 0.1) is 26.8 Å². The van der Waals surface area contributed by atoms with Crippen molar-refractivity contribution in [1.82, 2.24) is 9.78 Å². The highest BCUT2D eigenvalue weighted by Gasteiger charge is 2.21. The normalized spacial score (nSPS) is 10.5. The van der Waals surface area contributed by atoms with Gasteiger partial charge in [-0.15, -0.1) is 0 Å². The van der Waals surface area contributed by atoms with Crippen molar-refractivity contribution in [2.24, 2.45) is 0 Å². The lowest BCUT2D eigenvalue weighted by Gasteiger charge is -2.03. The molecule has 0 bridgehead atoms. The Morgan fingerprint density at radius 2 is 1.83 bits per heavy atom. The number of nitro groups is 1. The largest absolute Gasteiger partial charge is 0.298 e. The smallest absolute Gasteiger partial charge is 0.278 e. The van der Waals surface area contributed by atoms with E-state index in [1.165, 1.54) is 16.9 Å². The van der Waals surface area contributed by atoms with Crippen molar-refractivity contribution in [2.45, 2.75) is 0 Å². The maximum atomic E-state index is 11.4. The summed E-state index contributed by atoms with van der Waals surface area (Å²) in [6, 6.07) is 13.2. The molecule has 0 atom stereocenters. The average Bonchev–Trinajstić information content (AvgIpc) is 2.99. The number of aromatic nitrogens is 2. The standard InChI is InChI=1S/C16H10ClN3O3/c17-13-6-2-4-8-15(13)19-9-11(10-21)16(18-19)12-5-1-3-7-14(12)20(22)23/h1-10H. The molecule has 0 unspecified atom stereocenters. The predicted molar refractivity (Wildman–Crippen MR) is 86.1 cm³/mol. The maximum Gasteiger partial charge on any atom is 0.278 e. The third-order valence-corrected chi connectivity index (χ3v) is 3.64. The summed E-state index contributed by atoms with van der Waals surface area (Å²) in [7, 11) is 0. The van der Waals surface area contributed by atoms with E-state index in [-0.39, 0.29) is 22.5 Å². The summed E-state index contributed by atoms with van der Waals surface area (Å²) in [4.78, 5) is 22.0. The number of hydrogen-bond acceptors (Lipinski definition) is 4. The molecule has 0 aliphatic carbocycles. The monoisotopic (exact) mass is 327 g/mol. The molecule has 0 N–H and O–H groups in total. The summed E-state index contributed by atoms with van der Waals surface area (Å²) in [5.74, 6) is 0. The third kappa shape index (κ3) is 2.72. The van der Waals surface area contributed by atoms with Crippen molar-refractivity contribution in [1.29, 1.82) is 0 Å². The fourth-order valence-corrected chi connectivity index (χ4v) is 2.50. The first-order valence-electron chi connectivity index (χ1n) is 6.65. The molecule has 6 nitrogen and oxygen atoms in total. The second-order valence-corrected chi connectivity index (χ2v) is 5.13. The van der Waals surface area contributed by atoms with Crippen LogP contribution in [-0.2, 0) is 0 Å².